The molecule has 9 aromatic carbocycles. The van der Waals surface area contributed by atoms with E-state index in [-0.39, 0.29) is 14.5 Å². The topological polar surface area (TPSA) is 12.9 Å². The van der Waals surface area contributed by atoms with E-state index in [2.05, 4.69) is 175 Å². The molecule has 0 saturated heterocycles. The third-order valence-corrected chi connectivity index (χ3v) is 13.5. The first kappa shape index (κ1) is 30.3. The number of hydrogen-bond acceptors (Lipinski definition) is 1. The summed E-state index contributed by atoms with van der Waals surface area (Å²) in [5.41, 5.74) is 10.2. The summed E-state index contributed by atoms with van der Waals surface area (Å²) in [6.45, 7) is 0. The van der Waals surface area contributed by atoms with Gasteiger partial charge in [0, 0.05) is 0 Å². The van der Waals surface area contributed by atoms with Crippen LogP contribution in [0.4, 0.5) is 0 Å². The molecule has 0 bridgehead atoms. The molecule has 0 unspecified atom stereocenters. The summed E-state index contributed by atoms with van der Waals surface area (Å²) in [7, 11) is 0. The summed E-state index contributed by atoms with van der Waals surface area (Å²) in [6, 6.07) is 65.0. The van der Waals surface area contributed by atoms with E-state index in [4.69, 9.17) is 0 Å². The SMILES string of the molecule is c1ccc(-c2c3ccccc3c(-c3ccc4[se]c5c(-c6c7ccccc7c(-c7cccnc7)c7ccccc67)cccc5c4c3)c3ccccc23)cc1. The average molecular weight is 737 g/mol. The number of rotatable bonds is 4. The van der Waals surface area contributed by atoms with Crippen molar-refractivity contribution in [1.82, 2.24) is 4.98 Å². The summed E-state index contributed by atoms with van der Waals surface area (Å²) >= 11 is 0.158. The third kappa shape index (κ3) is 4.67. The molecule has 1 nitrogen and oxygen atoms in total. The van der Waals surface area contributed by atoms with Crippen LogP contribution in [0.1, 0.15) is 0 Å². The van der Waals surface area contributed by atoms with Gasteiger partial charge in [-0.15, -0.1) is 0 Å². The molecular formula is C51H31NSe. The molecule has 11 rings (SSSR count). The van der Waals surface area contributed by atoms with Gasteiger partial charge in [0.1, 0.15) is 0 Å². The molecule has 0 radical (unpaired) electrons. The summed E-state index contributed by atoms with van der Waals surface area (Å²) in [4.78, 5) is 4.51. The molecule has 2 aromatic heterocycles. The van der Waals surface area contributed by atoms with Crippen LogP contribution >= 0.6 is 0 Å². The van der Waals surface area contributed by atoms with Crippen LogP contribution < -0.4 is 0 Å². The standard InChI is InChI=1S/C51H31NSe/c1-2-14-32(15-3-1)47-35-17-4-6-19-37(35)48(38-20-7-5-18-36(38)47)33-27-28-46-45(30-33)43-25-12-26-44(51(43)53-46)50-41-23-10-8-21-39(41)49(34-16-13-29-52-31-34)40-22-9-11-24-42(40)50/h1-31H. The van der Waals surface area contributed by atoms with E-state index in [0.717, 1.165) is 5.56 Å². The molecule has 0 N–H and O–H groups in total. The van der Waals surface area contributed by atoms with Gasteiger partial charge < -0.3 is 0 Å². The molecule has 0 spiro atoms. The maximum absolute atomic E-state index is 4.51. The molecule has 0 amide bonds. The van der Waals surface area contributed by atoms with Gasteiger partial charge in [0.25, 0.3) is 0 Å². The minimum absolute atomic E-state index is 0.158. The van der Waals surface area contributed by atoms with Crippen LogP contribution in [0, 0.1) is 0 Å². The second-order valence-electron chi connectivity index (χ2n) is 13.8. The monoisotopic (exact) mass is 737 g/mol. The van der Waals surface area contributed by atoms with Crippen LogP contribution in [0.25, 0.3) is 107 Å². The Bertz CT molecular complexity index is 3100. The predicted octanol–water partition coefficient (Wildman–Crippen LogP) is 13.7. The first-order valence-electron chi connectivity index (χ1n) is 18.1. The molecule has 0 aliphatic carbocycles. The summed E-state index contributed by atoms with van der Waals surface area (Å²) < 4.78 is 2.91. The fourth-order valence-corrected chi connectivity index (χ4v) is 11.3. The zero-order chi connectivity index (χ0) is 34.9. The molecule has 246 valence electrons. The zero-order valence-corrected chi connectivity index (χ0v) is 30.5. The Morgan fingerprint density at radius 3 is 1.34 bits per heavy atom. The van der Waals surface area contributed by atoms with Crippen molar-refractivity contribution in [3.8, 4) is 44.5 Å². The fourth-order valence-electron chi connectivity index (χ4n) is 8.75. The van der Waals surface area contributed by atoms with Crippen molar-refractivity contribution in [1.29, 1.82) is 0 Å². The average Bonchev–Trinajstić information content (AvgIpc) is 3.61. The fraction of sp³-hybridized carbons (Fsp3) is 0. The first-order chi connectivity index (χ1) is 26.3. The Kier molecular flexibility index (Phi) is 6.95. The molecule has 0 fully saturated rings. The first-order valence-corrected chi connectivity index (χ1v) is 19.8. The molecule has 0 saturated carbocycles. The number of pyridine rings is 1. The van der Waals surface area contributed by atoms with Gasteiger partial charge in [-0.05, 0) is 0 Å². The minimum atomic E-state index is 0.158. The predicted molar refractivity (Wildman–Crippen MR) is 228 cm³/mol. The third-order valence-electron chi connectivity index (χ3n) is 10.9. The van der Waals surface area contributed by atoms with Crippen LogP contribution in [0.5, 0.6) is 0 Å². The molecule has 0 aliphatic rings. The van der Waals surface area contributed by atoms with E-state index in [0.29, 0.717) is 0 Å². The van der Waals surface area contributed by atoms with Crippen molar-refractivity contribution in [3.63, 3.8) is 0 Å². The quantitative estimate of drug-likeness (QED) is 0.130. The molecule has 0 aliphatic heterocycles. The van der Waals surface area contributed by atoms with Crippen molar-refractivity contribution in [2.75, 3.05) is 0 Å². The Morgan fingerprint density at radius 2 is 0.792 bits per heavy atom. The van der Waals surface area contributed by atoms with Crippen LogP contribution in [0.15, 0.2) is 188 Å². The number of aromatic nitrogens is 1. The second-order valence-corrected chi connectivity index (χ2v) is 16.0. The van der Waals surface area contributed by atoms with Crippen LogP contribution in [0.2, 0.25) is 0 Å². The van der Waals surface area contributed by atoms with E-state index in [9.17, 15) is 0 Å². The second kappa shape index (κ2) is 12.1. The van der Waals surface area contributed by atoms with E-state index in [1.807, 2.05) is 18.5 Å². The number of fused-ring (bicyclic) bond motifs is 7. The number of nitrogens with zero attached hydrogens (tertiary/aromatic N) is 1. The molecule has 0 atom stereocenters. The maximum atomic E-state index is 4.51. The molecule has 53 heavy (non-hydrogen) atoms. The van der Waals surface area contributed by atoms with E-state index >= 15 is 0 Å². The van der Waals surface area contributed by atoms with E-state index in [1.54, 1.807) is 0 Å². The Hall–Kier alpha value is -6.31. The van der Waals surface area contributed by atoms with Gasteiger partial charge in [-0.25, -0.2) is 0 Å². The van der Waals surface area contributed by atoms with Crippen molar-refractivity contribution in [2.24, 2.45) is 0 Å². The number of benzene rings is 9. The van der Waals surface area contributed by atoms with Crippen molar-refractivity contribution >= 4 is 76.9 Å². The van der Waals surface area contributed by atoms with Crippen molar-refractivity contribution in [2.45, 2.75) is 0 Å². The van der Waals surface area contributed by atoms with Crippen LogP contribution in [0.3, 0.4) is 0 Å². The summed E-state index contributed by atoms with van der Waals surface area (Å²) in [5, 5.41) is 12.9. The van der Waals surface area contributed by atoms with E-state index in [1.165, 1.54) is 101 Å². The molecule has 2 heterocycles. The van der Waals surface area contributed by atoms with Crippen molar-refractivity contribution in [3.05, 3.63) is 188 Å². The summed E-state index contributed by atoms with van der Waals surface area (Å²) in [6.07, 6.45) is 3.85. The van der Waals surface area contributed by atoms with Gasteiger partial charge in [0.2, 0.25) is 0 Å². The normalized spacial score (nSPS) is 11.8. The summed E-state index contributed by atoms with van der Waals surface area (Å²) in [5.74, 6) is 0. The van der Waals surface area contributed by atoms with Gasteiger partial charge in [0.05, 0.1) is 0 Å². The van der Waals surface area contributed by atoms with Gasteiger partial charge in [-0.3, -0.25) is 0 Å². The van der Waals surface area contributed by atoms with Crippen LogP contribution in [-0.4, -0.2) is 19.5 Å². The van der Waals surface area contributed by atoms with Gasteiger partial charge >= 0.3 is 315 Å². The van der Waals surface area contributed by atoms with Crippen molar-refractivity contribution < 1.29 is 0 Å². The molecular weight excluding hydrogens is 706 g/mol. The van der Waals surface area contributed by atoms with Gasteiger partial charge in [-0.2, -0.15) is 0 Å². The van der Waals surface area contributed by atoms with Gasteiger partial charge in [0.15, 0.2) is 0 Å². The Balaban J connectivity index is 1.18. The Morgan fingerprint density at radius 1 is 0.321 bits per heavy atom. The molecule has 2 heteroatoms. The van der Waals surface area contributed by atoms with Gasteiger partial charge in [-0.1, -0.05) is 0 Å². The molecule has 11 aromatic rings. The van der Waals surface area contributed by atoms with Crippen LogP contribution in [-0.2, 0) is 0 Å². The van der Waals surface area contributed by atoms with E-state index < -0.39 is 0 Å². The zero-order valence-electron chi connectivity index (χ0n) is 28.8. The number of hydrogen-bond donors (Lipinski definition) is 0. The Labute approximate surface area is 313 Å².